The molecule has 0 bridgehead atoms. The predicted molar refractivity (Wildman–Crippen MR) is 32.2 cm³/mol. The number of hydrogen-bond donors (Lipinski definition) is 3. The van der Waals surface area contributed by atoms with E-state index in [0.29, 0.717) is 6.67 Å². The SMILES string of the molecule is CN1CN(O)NC1S. The molecule has 0 radical (unpaired) electrons. The highest BCUT2D eigenvalue weighted by molar-refractivity contribution is 7.80. The topological polar surface area (TPSA) is 38.7 Å². The van der Waals surface area contributed by atoms with Crippen LogP contribution in [0.1, 0.15) is 0 Å². The molecule has 8 heavy (non-hydrogen) atoms. The van der Waals surface area contributed by atoms with Crippen molar-refractivity contribution in [3.8, 4) is 0 Å². The van der Waals surface area contributed by atoms with E-state index in [1.165, 1.54) is 0 Å². The number of nitrogens with zero attached hydrogens (tertiary/aromatic N) is 2. The average molecular weight is 135 g/mol. The van der Waals surface area contributed by atoms with Crippen LogP contribution >= 0.6 is 12.6 Å². The molecule has 1 unspecified atom stereocenters. The number of hydroxylamine groups is 1. The lowest BCUT2D eigenvalue weighted by molar-refractivity contribution is -0.118. The summed E-state index contributed by atoms with van der Waals surface area (Å²) in [5.41, 5.74) is 2.59. The minimum absolute atomic E-state index is 0.0556. The molecule has 1 heterocycles. The predicted octanol–water partition coefficient (Wildman–Crippen LogP) is -0.701. The summed E-state index contributed by atoms with van der Waals surface area (Å²) in [5, 5.41) is 9.70. The van der Waals surface area contributed by atoms with Crippen LogP contribution in [0, 0.1) is 0 Å². The molecule has 4 nitrogen and oxygen atoms in total. The van der Waals surface area contributed by atoms with Crippen molar-refractivity contribution < 1.29 is 5.21 Å². The fraction of sp³-hybridized carbons (Fsp3) is 1.00. The van der Waals surface area contributed by atoms with Gasteiger partial charge in [0.25, 0.3) is 0 Å². The van der Waals surface area contributed by atoms with Crippen LogP contribution in [0.15, 0.2) is 0 Å². The van der Waals surface area contributed by atoms with E-state index < -0.39 is 0 Å². The van der Waals surface area contributed by atoms with Gasteiger partial charge < -0.3 is 0 Å². The highest BCUT2D eigenvalue weighted by Crippen LogP contribution is 2.04. The Morgan fingerprint density at radius 3 is 2.62 bits per heavy atom. The Kier molecular flexibility index (Phi) is 1.74. The molecule has 0 aliphatic carbocycles. The van der Waals surface area contributed by atoms with E-state index in [2.05, 4.69) is 18.1 Å². The second-order valence-corrected chi connectivity index (χ2v) is 2.29. The van der Waals surface area contributed by atoms with Gasteiger partial charge in [-0.25, -0.2) is 5.43 Å². The van der Waals surface area contributed by atoms with Crippen LogP contribution in [0.25, 0.3) is 0 Å². The van der Waals surface area contributed by atoms with E-state index in [-0.39, 0.29) is 5.50 Å². The van der Waals surface area contributed by atoms with Gasteiger partial charge in [0.15, 0.2) is 0 Å². The minimum Gasteiger partial charge on any atom is -0.298 e. The summed E-state index contributed by atoms with van der Waals surface area (Å²) in [6, 6.07) is 0. The summed E-state index contributed by atoms with van der Waals surface area (Å²) >= 11 is 4.06. The molecule has 1 rings (SSSR count). The van der Waals surface area contributed by atoms with Gasteiger partial charge in [0.1, 0.15) is 5.50 Å². The molecule has 0 aromatic carbocycles. The number of hydrogen-bond acceptors (Lipinski definition) is 5. The second kappa shape index (κ2) is 2.20. The monoisotopic (exact) mass is 135 g/mol. The zero-order valence-corrected chi connectivity index (χ0v) is 5.47. The van der Waals surface area contributed by atoms with Crippen LogP contribution in [-0.2, 0) is 0 Å². The molecule has 1 saturated heterocycles. The molecule has 1 atom stereocenters. The van der Waals surface area contributed by atoms with Gasteiger partial charge in [-0.2, -0.15) is 0 Å². The third kappa shape index (κ3) is 1.12. The highest BCUT2D eigenvalue weighted by atomic mass is 32.1. The Bertz CT molecular complexity index is 80.6. The Labute approximate surface area is 53.4 Å². The van der Waals surface area contributed by atoms with Gasteiger partial charge in [0.05, 0.1) is 6.67 Å². The molecule has 1 aliphatic heterocycles. The van der Waals surface area contributed by atoms with Gasteiger partial charge in [-0.15, -0.1) is 17.8 Å². The molecule has 0 amide bonds. The lowest BCUT2D eigenvalue weighted by Crippen LogP contribution is -2.30. The van der Waals surface area contributed by atoms with Crippen LogP contribution in [0.4, 0.5) is 0 Å². The Hall–Kier alpha value is 0.190. The first-order chi connectivity index (χ1) is 3.70. The van der Waals surface area contributed by atoms with Gasteiger partial charge in [0.2, 0.25) is 0 Å². The summed E-state index contributed by atoms with van der Waals surface area (Å²) in [6.07, 6.45) is 0. The van der Waals surface area contributed by atoms with Crippen LogP contribution in [0.3, 0.4) is 0 Å². The molecule has 48 valence electrons. The summed E-state index contributed by atoms with van der Waals surface area (Å²) in [4.78, 5) is 1.85. The van der Waals surface area contributed by atoms with E-state index in [4.69, 9.17) is 5.21 Å². The summed E-state index contributed by atoms with van der Waals surface area (Å²) in [7, 11) is 1.86. The van der Waals surface area contributed by atoms with Crippen LogP contribution < -0.4 is 5.43 Å². The van der Waals surface area contributed by atoms with Gasteiger partial charge in [-0.05, 0) is 7.05 Å². The third-order valence-corrected chi connectivity index (χ3v) is 1.55. The number of hydrazine groups is 1. The van der Waals surface area contributed by atoms with Gasteiger partial charge in [-0.1, -0.05) is 0 Å². The molecule has 2 N–H and O–H groups in total. The summed E-state index contributed by atoms with van der Waals surface area (Å²) in [6.45, 7) is 0.494. The van der Waals surface area contributed by atoms with Crippen molar-refractivity contribution in [3.63, 3.8) is 0 Å². The highest BCUT2D eigenvalue weighted by Gasteiger charge is 2.21. The van der Waals surface area contributed by atoms with Crippen LogP contribution in [0.5, 0.6) is 0 Å². The fourth-order valence-corrected chi connectivity index (χ4v) is 0.768. The van der Waals surface area contributed by atoms with E-state index >= 15 is 0 Å². The molecular formula is C3H9N3OS. The van der Waals surface area contributed by atoms with Crippen molar-refractivity contribution in [1.82, 2.24) is 15.5 Å². The van der Waals surface area contributed by atoms with Gasteiger partial charge in [-0.3, -0.25) is 10.1 Å². The first-order valence-corrected chi connectivity index (χ1v) is 2.82. The quantitative estimate of drug-likeness (QED) is 0.384. The Morgan fingerprint density at radius 1 is 1.88 bits per heavy atom. The summed E-state index contributed by atoms with van der Waals surface area (Å²) < 4.78 is 0. The number of thiol groups is 1. The number of rotatable bonds is 0. The Morgan fingerprint density at radius 2 is 2.50 bits per heavy atom. The number of nitrogens with one attached hydrogen (secondary N) is 1. The third-order valence-electron chi connectivity index (χ3n) is 1.04. The largest absolute Gasteiger partial charge is 0.298 e. The average Bonchev–Trinajstić information content (AvgIpc) is 1.85. The van der Waals surface area contributed by atoms with Crippen LogP contribution in [0.2, 0.25) is 0 Å². The van der Waals surface area contributed by atoms with E-state index in [1.807, 2.05) is 11.9 Å². The normalized spacial score (nSPS) is 34.1. The Balaban J connectivity index is 2.39. The van der Waals surface area contributed by atoms with Crippen molar-refractivity contribution in [2.75, 3.05) is 13.7 Å². The van der Waals surface area contributed by atoms with Crippen LogP contribution in [-0.4, -0.2) is 34.5 Å². The lowest BCUT2D eigenvalue weighted by Gasteiger charge is -2.08. The molecule has 0 spiro atoms. The maximum atomic E-state index is 8.70. The lowest BCUT2D eigenvalue weighted by atomic mass is 10.9. The summed E-state index contributed by atoms with van der Waals surface area (Å²) in [5.74, 6) is 0. The smallest absolute Gasteiger partial charge is 0.121 e. The maximum Gasteiger partial charge on any atom is 0.121 e. The molecular weight excluding hydrogens is 126 g/mol. The van der Waals surface area contributed by atoms with Crippen molar-refractivity contribution in [1.29, 1.82) is 0 Å². The molecule has 0 aromatic heterocycles. The van der Waals surface area contributed by atoms with Gasteiger partial charge in [0, 0.05) is 0 Å². The fourth-order valence-electron chi connectivity index (χ4n) is 0.561. The minimum atomic E-state index is -0.0556. The van der Waals surface area contributed by atoms with Crippen molar-refractivity contribution in [2.24, 2.45) is 0 Å². The first kappa shape index (κ1) is 6.31. The first-order valence-electron chi connectivity index (χ1n) is 2.31. The van der Waals surface area contributed by atoms with Gasteiger partial charge >= 0.3 is 0 Å². The van der Waals surface area contributed by atoms with Crippen molar-refractivity contribution in [3.05, 3.63) is 0 Å². The molecule has 1 fully saturated rings. The van der Waals surface area contributed by atoms with Crippen molar-refractivity contribution in [2.45, 2.75) is 5.50 Å². The van der Waals surface area contributed by atoms with E-state index in [0.717, 1.165) is 5.17 Å². The zero-order chi connectivity index (χ0) is 6.15. The van der Waals surface area contributed by atoms with Crippen molar-refractivity contribution >= 4 is 12.6 Å². The standard InChI is InChI=1S/C3H9N3OS/c1-5-2-6(7)4-3(5)8/h3-4,7-8H,2H2,1H3. The maximum absolute atomic E-state index is 8.70. The van der Waals surface area contributed by atoms with E-state index in [9.17, 15) is 0 Å². The molecule has 1 aliphatic rings. The molecule has 0 aromatic rings. The zero-order valence-electron chi connectivity index (χ0n) is 4.57. The molecule has 5 heteroatoms. The second-order valence-electron chi connectivity index (χ2n) is 1.80. The molecule has 0 saturated carbocycles. The van der Waals surface area contributed by atoms with E-state index in [1.54, 1.807) is 0 Å².